The Bertz CT molecular complexity index is 921. The SMILES string of the molecule is Cc1cccc(NC(=O)c2ccnc(Nc3cccc(C)c3C)n2)c1. The van der Waals surface area contributed by atoms with Crippen LogP contribution in [-0.2, 0) is 0 Å². The number of aryl methyl sites for hydroxylation is 2. The van der Waals surface area contributed by atoms with Crippen LogP contribution in [0.2, 0.25) is 0 Å². The Hall–Kier alpha value is -3.21. The van der Waals surface area contributed by atoms with Gasteiger partial charge in [0.25, 0.3) is 5.91 Å². The highest BCUT2D eigenvalue weighted by Crippen LogP contribution is 2.21. The second kappa shape index (κ2) is 7.13. The Labute approximate surface area is 147 Å². The molecule has 1 heterocycles. The smallest absolute Gasteiger partial charge is 0.274 e. The lowest BCUT2D eigenvalue weighted by Gasteiger charge is -2.11. The zero-order valence-electron chi connectivity index (χ0n) is 14.5. The molecule has 3 rings (SSSR count). The van der Waals surface area contributed by atoms with Crippen molar-refractivity contribution < 1.29 is 4.79 Å². The molecule has 25 heavy (non-hydrogen) atoms. The van der Waals surface area contributed by atoms with Crippen LogP contribution in [0.1, 0.15) is 27.2 Å². The molecule has 3 aromatic rings. The summed E-state index contributed by atoms with van der Waals surface area (Å²) in [4.78, 5) is 21.0. The number of anilines is 3. The van der Waals surface area contributed by atoms with Crippen LogP contribution in [0.15, 0.2) is 54.7 Å². The van der Waals surface area contributed by atoms with Gasteiger partial charge in [0.15, 0.2) is 0 Å². The van der Waals surface area contributed by atoms with E-state index >= 15 is 0 Å². The summed E-state index contributed by atoms with van der Waals surface area (Å²) in [6, 6.07) is 15.2. The van der Waals surface area contributed by atoms with Gasteiger partial charge in [0.1, 0.15) is 5.69 Å². The second-order valence-corrected chi connectivity index (χ2v) is 5.96. The van der Waals surface area contributed by atoms with E-state index in [9.17, 15) is 4.79 Å². The van der Waals surface area contributed by atoms with Gasteiger partial charge in [-0.1, -0.05) is 24.3 Å². The average Bonchev–Trinajstić information content (AvgIpc) is 2.59. The quantitative estimate of drug-likeness (QED) is 0.743. The van der Waals surface area contributed by atoms with Crippen molar-refractivity contribution in [2.24, 2.45) is 0 Å². The van der Waals surface area contributed by atoms with Crippen molar-refractivity contribution in [1.29, 1.82) is 0 Å². The van der Waals surface area contributed by atoms with Gasteiger partial charge in [-0.05, 0) is 61.7 Å². The van der Waals surface area contributed by atoms with Crippen molar-refractivity contribution in [2.45, 2.75) is 20.8 Å². The lowest BCUT2D eigenvalue weighted by Crippen LogP contribution is -2.15. The van der Waals surface area contributed by atoms with E-state index in [2.05, 4.69) is 20.6 Å². The van der Waals surface area contributed by atoms with E-state index < -0.39 is 0 Å². The molecule has 0 atom stereocenters. The first-order valence-corrected chi connectivity index (χ1v) is 8.07. The minimum atomic E-state index is -0.267. The van der Waals surface area contributed by atoms with Crippen molar-refractivity contribution in [1.82, 2.24) is 9.97 Å². The van der Waals surface area contributed by atoms with Crippen LogP contribution < -0.4 is 10.6 Å². The summed E-state index contributed by atoms with van der Waals surface area (Å²) >= 11 is 0. The number of hydrogen-bond donors (Lipinski definition) is 2. The minimum Gasteiger partial charge on any atom is -0.324 e. The molecule has 0 fully saturated rings. The molecule has 2 aromatic carbocycles. The molecule has 0 aliphatic heterocycles. The van der Waals surface area contributed by atoms with Gasteiger partial charge in [-0.15, -0.1) is 0 Å². The fourth-order valence-electron chi connectivity index (χ4n) is 2.47. The van der Waals surface area contributed by atoms with Crippen molar-refractivity contribution >= 4 is 23.2 Å². The summed E-state index contributed by atoms with van der Waals surface area (Å²) in [5.41, 5.74) is 5.37. The number of hydrogen-bond acceptors (Lipinski definition) is 4. The maximum absolute atomic E-state index is 12.4. The Balaban J connectivity index is 1.79. The summed E-state index contributed by atoms with van der Waals surface area (Å²) in [6.45, 7) is 6.06. The van der Waals surface area contributed by atoms with Crippen LogP contribution >= 0.6 is 0 Å². The van der Waals surface area contributed by atoms with Crippen molar-refractivity contribution in [3.05, 3.63) is 77.1 Å². The maximum Gasteiger partial charge on any atom is 0.274 e. The highest BCUT2D eigenvalue weighted by atomic mass is 16.1. The third-order valence-electron chi connectivity index (χ3n) is 4.02. The molecule has 1 amide bonds. The van der Waals surface area contributed by atoms with Crippen LogP contribution in [0.25, 0.3) is 0 Å². The zero-order valence-corrected chi connectivity index (χ0v) is 14.5. The van der Waals surface area contributed by atoms with Gasteiger partial charge in [-0.3, -0.25) is 4.79 Å². The molecule has 0 saturated heterocycles. The molecule has 1 aromatic heterocycles. The molecule has 0 aliphatic carbocycles. The predicted octanol–water partition coefficient (Wildman–Crippen LogP) is 4.40. The van der Waals surface area contributed by atoms with E-state index in [1.54, 1.807) is 12.3 Å². The fourth-order valence-corrected chi connectivity index (χ4v) is 2.47. The number of amides is 1. The third kappa shape index (κ3) is 4.01. The largest absolute Gasteiger partial charge is 0.324 e. The van der Waals surface area contributed by atoms with Gasteiger partial charge < -0.3 is 10.6 Å². The van der Waals surface area contributed by atoms with Gasteiger partial charge in [-0.2, -0.15) is 0 Å². The Morgan fingerprint density at radius 2 is 1.80 bits per heavy atom. The third-order valence-corrected chi connectivity index (χ3v) is 4.02. The minimum absolute atomic E-state index is 0.267. The molecule has 0 bridgehead atoms. The summed E-state index contributed by atoms with van der Waals surface area (Å²) in [6.07, 6.45) is 1.58. The standard InChI is InChI=1S/C20H20N4O/c1-13-6-4-8-16(12-13)22-19(25)18-10-11-21-20(24-18)23-17-9-5-7-14(2)15(17)3/h4-12H,1-3H3,(H,22,25)(H,21,23,24). The number of benzene rings is 2. The van der Waals surface area contributed by atoms with Crippen LogP contribution in [0.4, 0.5) is 17.3 Å². The topological polar surface area (TPSA) is 66.9 Å². The molecule has 5 heteroatoms. The highest BCUT2D eigenvalue weighted by molar-refractivity contribution is 6.03. The number of carbonyl (C=O) groups is 1. The first-order valence-electron chi connectivity index (χ1n) is 8.07. The van der Waals surface area contributed by atoms with E-state index in [0.29, 0.717) is 11.6 Å². The highest BCUT2D eigenvalue weighted by Gasteiger charge is 2.10. The number of rotatable bonds is 4. The number of nitrogens with one attached hydrogen (secondary N) is 2. The van der Waals surface area contributed by atoms with Crippen LogP contribution in [0.3, 0.4) is 0 Å². The van der Waals surface area contributed by atoms with Gasteiger partial charge in [0.2, 0.25) is 5.95 Å². The zero-order chi connectivity index (χ0) is 17.8. The van der Waals surface area contributed by atoms with E-state index in [1.807, 2.05) is 63.2 Å². The van der Waals surface area contributed by atoms with Crippen LogP contribution in [-0.4, -0.2) is 15.9 Å². The predicted molar refractivity (Wildman–Crippen MR) is 100 cm³/mol. The molecule has 2 N–H and O–H groups in total. The summed E-state index contributed by atoms with van der Waals surface area (Å²) < 4.78 is 0. The Kier molecular flexibility index (Phi) is 4.75. The lowest BCUT2D eigenvalue weighted by atomic mass is 10.1. The summed E-state index contributed by atoms with van der Waals surface area (Å²) in [5, 5.41) is 6.03. The van der Waals surface area contributed by atoms with Crippen molar-refractivity contribution in [3.63, 3.8) is 0 Å². The molecule has 0 saturated carbocycles. The second-order valence-electron chi connectivity index (χ2n) is 5.96. The summed E-state index contributed by atoms with van der Waals surface area (Å²) in [7, 11) is 0. The van der Waals surface area contributed by atoms with E-state index in [0.717, 1.165) is 22.5 Å². The first kappa shape index (κ1) is 16.6. The number of carbonyl (C=O) groups excluding carboxylic acids is 1. The van der Waals surface area contributed by atoms with Crippen molar-refractivity contribution in [2.75, 3.05) is 10.6 Å². The maximum atomic E-state index is 12.4. The number of nitrogens with zero attached hydrogens (tertiary/aromatic N) is 2. The summed E-state index contributed by atoms with van der Waals surface area (Å²) in [5.74, 6) is 0.127. The molecule has 126 valence electrons. The monoisotopic (exact) mass is 332 g/mol. The van der Waals surface area contributed by atoms with E-state index in [-0.39, 0.29) is 5.91 Å². The molecule has 0 aliphatic rings. The van der Waals surface area contributed by atoms with Crippen LogP contribution in [0, 0.1) is 20.8 Å². The first-order chi connectivity index (χ1) is 12.0. The molecule has 0 spiro atoms. The molecule has 0 unspecified atom stereocenters. The van der Waals surface area contributed by atoms with Crippen molar-refractivity contribution in [3.8, 4) is 0 Å². The average molecular weight is 332 g/mol. The Morgan fingerprint density at radius 3 is 2.60 bits per heavy atom. The van der Waals surface area contributed by atoms with E-state index in [1.165, 1.54) is 5.56 Å². The van der Waals surface area contributed by atoms with Crippen LogP contribution in [0.5, 0.6) is 0 Å². The van der Waals surface area contributed by atoms with Gasteiger partial charge in [0, 0.05) is 17.6 Å². The van der Waals surface area contributed by atoms with E-state index in [4.69, 9.17) is 0 Å². The molecular formula is C20H20N4O. The van der Waals surface area contributed by atoms with Gasteiger partial charge in [-0.25, -0.2) is 9.97 Å². The number of aromatic nitrogens is 2. The fraction of sp³-hybridized carbons (Fsp3) is 0.150. The van der Waals surface area contributed by atoms with Gasteiger partial charge >= 0.3 is 0 Å². The van der Waals surface area contributed by atoms with Gasteiger partial charge in [0.05, 0.1) is 0 Å². The molecule has 5 nitrogen and oxygen atoms in total. The molecule has 0 radical (unpaired) electrons. The molecular weight excluding hydrogens is 312 g/mol. The Morgan fingerprint density at radius 1 is 1.00 bits per heavy atom. The lowest BCUT2D eigenvalue weighted by molar-refractivity contribution is 0.102. The normalized spacial score (nSPS) is 10.4.